The van der Waals surface area contributed by atoms with Gasteiger partial charge >= 0.3 is 0 Å². The van der Waals surface area contributed by atoms with Gasteiger partial charge in [0.25, 0.3) is 0 Å². The first-order valence-electron chi connectivity index (χ1n) is 4.26. The van der Waals surface area contributed by atoms with Gasteiger partial charge in [-0.25, -0.2) is 9.97 Å². The molecule has 0 unspecified atom stereocenters. The van der Waals surface area contributed by atoms with E-state index in [4.69, 9.17) is 23.2 Å². The lowest BCUT2D eigenvalue weighted by Gasteiger charge is -2.02. The first-order valence-corrected chi connectivity index (χ1v) is 5.02. The van der Waals surface area contributed by atoms with Crippen LogP contribution < -0.4 is 0 Å². The van der Waals surface area contributed by atoms with Crippen LogP contribution in [-0.4, -0.2) is 19.7 Å². The second-order valence-electron chi connectivity index (χ2n) is 3.10. The fraction of sp³-hybridized carbons (Fsp3) is 0.222. The summed E-state index contributed by atoms with van der Waals surface area (Å²) in [5, 5.41) is 4.76. The molecule has 0 aliphatic heterocycles. The summed E-state index contributed by atoms with van der Waals surface area (Å²) in [6.45, 7) is 1.94. The van der Waals surface area contributed by atoms with Crippen molar-refractivity contribution in [2.24, 2.45) is 7.05 Å². The standard InChI is InChI=1S/C9H8Cl2N4/c1-5-6(3-13-15(5)2)8-7(10)4-12-9(11)14-8/h3-4H,1-2H3. The van der Waals surface area contributed by atoms with Crippen LogP contribution in [0.15, 0.2) is 12.4 Å². The SMILES string of the molecule is Cc1c(-c2nc(Cl)ncc2Cl)cnn1C. The fourth-order valence-corrected chi connectivity index (χ4v) is 1.59. The summed E-state index contributed by atoms with van der Waals surface area (Å²) in [4.78, 5) is 7.88. The van der Waals surface area contributed by atoms with Crippen LogP contribution in [0, 0.1) is 6.92 Å². The lowest BCUT2D eigenvalue weighted by molar-refractivity contribution is 0.740. The number of hydrogen-bond acceptors (Lipinski definition) is 3. The molecule has 4 nitrogen and oxygen atoms in total. The Morgan fingerprint density at radius 1 is 1.27 bits per heavy atom. The number of hydrogen-bond donors (Lipinski definition) is 0. The third-order valence-corrected chi connectivity index (χ3v) is 2.66. The van der Waals surface area contributed by atoms with Gasteiger partial charge in [-0.3, -0.25) is 4.68 Å². The van der Waals surface area contributed by atoms with Gasteiger partial charge in [-0.2, -0.15) is 5.10 Å². The third kappa shape index (κ3) is 1.82. The first-order chi connectivity index (χ1) is 7.09. The molecule has 0 spiro atoms. The Kier molecular flexibility index (Phi) is 2.63. The number of nitrogens with zero attached hydrogens (tertiary/aromatic N) is 4. The third-order valence-electron chi connectivity index (χ3n) is 2.21. The van der Waals surface area contributed by atoms with Crippen LogP contribution in [-0.2, 0) is 7.05 Å². The summed E-state index contributed by atoms with van der Waals surface area (Å²) in [6, 6.07) is 0. The summed E-state index contributed by atoms with van der Waals surface area (Å²) < 4.78 is 1.75. The summed E-state index contributed by atoms with van der Waals surface area (Å²) in [6.07, 6.45) is 3.19. The van der Waals surface area contributed by atoms with Gasteiger partial charge in [-0.15, -0.1) is 0 Å². The van der Waals surface area contributed by atoms with Gasteiger partial charge in [0.1, 0.15) is 0 Å². The highest BCUT2D eigenvalue weighted by molar-refractivity contribution is 6.33. The second kappa shape index (κ2) is 3.79. The lowest BCUT2D eigenvalue weighted by Crippen LogP contribution is -1.94. The van der Waals surface area contributed by atoms with Gasteiger partial charge in [-0.05, 0) is 18.5 Å². The van der Waals surface area contributed by atoms with Crippen LogP contribution in [0.25, 0.3) is 11.3 Å². The highest BCUT2D eigenvalue weighted by atomic mass is 35.5. The van der Waals surface area contributed by atoms with Crippen molar-refractivity contribution in [3.05, 3.63) is 28.4 Å². The van der Waals surface area contributed by atoms with Crippen molar-refractivity contribution in [1.82, 2.24) is 19.7 Å². The van der Waals surface area contributed by atoms with Crippen molar-refractivity contribution in [1.29, 1.82) is 0 Å². The molecule has 2 rings (SSSR count). The summed E-state index contributed by atoms with van der Waals surface area (Å²) in [7, 11) is 1.86. The molecule has 0 saturated carbocycles. The first kappa shape index (κ1) is 10.4. The van der Waals surface area contributed by atoms with Crippen molar-refractivity contribution in [2.45, 2.75) is 6.92 Å². The molecule has 0 amide bonds. The molecule has 0 aromatic carbocycles. The van der Waals surface area contributed by atoms with E-state index in [0.29, 0.717) is 10.7 Å². The zero-order valence-corrected chi connectivity index (χ0v) is 9.71. The fourth-order valence-electron chi connectivity index (χ4n) is 1.27. The normalized spacial score (nSPS) is 10.7. The summed E-state index contributed by atoms with van der Waals surface area (Å²) >= 11 is 11.7. The maximum Gasteiger partial charge on any atom is 0.222 e. The van der Waals surface area contributed by atoms with E-state index in [-0.39, 0.29) is 5.28 Å². The van der Waals surface area contributed by atoms with E-state index in [0.717, 1.165) is 11.3 Å². The van der Waals surface area contributed by atoms with Crippen LogP contribution in [0.1, 0.15) is 5.69 Å². The van der Waals surface area contributed by atoms with Gasteiger partial charge in [0.2, 0.25) is 5.28 Å². The topological polar surface area (TPSA) is 43.6 Å². The maximum absolute atomic E-state index is 5.99. The Morgan fingerprint density at radius 2 is 2.00 bits per heavy atom. The highest BCUT2D eigenvalue weighted by Crippen LogP contribution is 2.28. The molecule has 0 atom stereocenters. The van der Waals surface area contributed by atoms with E-state index >= 15 is 0 Å². The van der Waals surface area contributed by atoms with E-state index in [1.807, 2.05) is 14.0 Å². The zero-order valence-electron chi connectivity index (χ0n) is 8.20. The summed E-state index contributed by atoms with van der Waals surface area (Å²) in [5.41, 5.74) is 2.46. The van der Waals surface area contributed by atoms with Gasteiger partial charge in [0.05, 0.1) is 23.1 Å². The number of aryl methyl sites for hydroxylation is 1. The smallest absolute Gasteiger partial charge is 0.222 e. The predicted molar refractivity (Wildman–Crippen MR) is 59.0 cm³/mol. The van der Waals surface area contributed by atoms with E-state index < -0.39 is 0 Å². The Balaban J connectivity index is 2.63. The molecule has 2 heterocycles. The number of halogens is 2. The predicted octanol–water partition coefficient (Wildman–Crippen LogP) is 2.49. The molecule has 0 fully saturated rings. The molecule has 0 bridgehead atoms. The van der Waals surface area contributed by atoms with Gasteiger partial charge in [0.15, 0.2) is 0 Å². The van der Waals surface area contributed by atoms with Crippen LogP contribution in [0.4, 0.5) is 0 Å². The minimum atomic E-state index is 0.178. The van der Waals surface area contributed by atoms with E-state index in [9.17, 15) is 0 Å². The van der Waals surface area contributed by atoms with Crippen molar-refractivity contribution >= 4 is 23.2 Å². The molecule has 6 heteroatoms. The second-order valence-corrected chi connectivity index (χ2v) is 3.85. The van der Waals surface area contributed by atoms with E-state index in [1.54, 1.807) is 10.9 Å². The van der Waals surface area contributed by atoms with Crippen molar-refractivity contribution in [3.63, 3.8) is 0 Å². The van der Waals surface area contributed by atoms with Crippen molar-refractivity contribution in [3.8, 4) is 11.3 Å². The Labute approximate surface area is 96.9 Å². The minimum absolute atomic E-state index is 0.178. The Morgan fingerprint density at radius 3 is 2.60 bits per heavy atom. The summed E-state index contributed by atoms with van der Waals surface area (Å²) in [5.74, 6) is 0. The number of aromatic nitrogens is 4. The number of rotatable bonds is 1. The van der Waals surface area contributed by atoms with Crippen LogP contribution in [0.3, 0.4) is 0 Å². The highest BCUT2D eigenvalue weighted by Gasteiger charge is 2.12. The Bertz CT molecular complexity index is 507. The van der Waals surface area contributed by atoms with Gasteiger partial charge < -0.3 is 0 Å². The van der Waals surface area contributed by atoms with E-state index in [2.05, 4.69) is 15.1 Å². The molecule has 2 aromatic heterocycles. The molecule has 78 valence electrons. The maximum atomic E-state index is 5.99. The van der Waals surface area contributed by atoms with Crippen molar-refractivity contribution in [2.75, 3.05) is 0 Å². The van der Waals surface area contributed by atoms with E-state index in [1.165, 1.54) is 6.20 Å². The van der Waals surface area contributed by atoms with Crippen LogP contribution >= 0.6 is 23.2 Å². The average molecular weight is 243 g/mol. The van der Waals surface area contributed by atoms with Crippen LogP contribution in [0.5, 0.6) is 0 Å². The lowest BCUT2D eigenvalue weighted by atomic mass is 10.2. The molecule has 15 heavy (non-hydrogen) atoms. The molecule has 0 saturated heterocycles. The monoisotopic (exact) mass is 242 g/mol. The van der Waals surface area contributed by atoms with Gasteiger partial charge in [-0.1, -0.05) is 11.6 Å². The average Bonchev–Trinajstić information content (AvgIpc) is 2.52. The molecular formula is C9H8Cl2N4. The molecule has 0 aliphatic rings. The largest absolute Gasteiger partial charge is 0.272 e. The molecule has 0 aliphatic carbocycles. The molecule has 0 N–H and O–H groups in total. The quantitative estimate of drug-likeness (QED) is 0.722. The molecular weight excluding hydrogens is 235 g/mol. The van der Waals surface area contributed by atoms with Gasteiger partial charge in [0, 0.05) is 18.3 Å². The minimum Gasteiger partial charge on any atom is -0.272 e. The Hall–Kier alpha value is -1.13. The van der Waals surface area contributed by atoms with Crippen molar-refractivity contribution < 1.29 is 0 Å². The zero-order chi connectivity index (χ0) is 11.0. The molecule has 2 aromatic rings. The van der Waals surface area contributed by atoms with Crippen LogP contribution in [0.2, 0.25) is 10.3 Å². The molecule has 0 radical (unpaired) electrons.